The fraction of sp³-hybridized carbons (Fsp3) is 0.206. The monoisotopic (exact) mass is 1050 g/mol. The van der Waals surface area contributed by atoms with Crippen molar-refractivity contribution in [1.82, 2.24) is 9.80 Å². The highest BCUT2D eigenvalue weighted by molar-refractivity contribution is 6.12. The Kier molecular flexibility index (Phi) is 20.2. The molecule has 8 aromatic rings. The first-order chi connectivity index (χ1) is 38.6. The van der Waals surface area contributed by atoms with Gasteiger partial charge in [-0.05, 0) is 120 Å². The molecular weight excluding hydrogens is 985 g/mol. The Labute approximate surface area is 463 Å². The van der Waals surface area contributed by atoms with Crippen LogP contribution in [0.15, 0.2) is 206 Å². The summed E-state index contributed by atoms with van der Waals surface area (Å²) >= 11 is 0. The Morgan fingerprint density at radius 1 is 0.418 bits per heavy atom. The Morgan fingerprint density at radius 3 is 1.19 bits per heavy atom. The highest BCUT2D eigenvalue weighted by atomic mass is 16.5. The van der Waals surface area contributed by atoms with Crippen LogP contribution in [0, 0.1) is 0 Å². The van der Waals surface area contributed by atoms with Gasteiger partial charge in [-0.25, -0.2) is 0 Å². The van der Waals surface area contributed by atoms with Crippen molar-refractivity contribution in [2.45, 2.75) is 52.4 Å². The molecule has 0 bridgehead atoms. The molecule has 0 saturated carbocycles. The third kappa shape index (κ3) is 15.6. The Morgan fingerprint density at radius 2 is 0.772 bits per heavy atom. The molecule has 1 fully saturated rings. The predicted molar refractivity (Wildman–Crippen MR) is 313 cm³/mol. The van der Waals surface area contributed by atoms with Crippen LogP contribution in [0.1, 0.15) is 90.4 Å². The van der Waals surface area contributed by atoms with Gasteiger partial charge in [-0.2, -0.15) is 0 Å². The van der Waals surface area contributed by atoms with E-state index in [1.54, 1.807) is 21.9 Å². The van der Waals surface area contributed by atoms with E-state index in [0.29, 0.717) is 115 Å². The lowest BCUT2D eigenvalue weighted by molar-refractivity contribution is -0.119. The second-order valence-electron chi connectivity index (χ2n) is 19.3. The molecule has 1 heterocycles. The van der Waals surface area contributed by atoms with Gasteiger partial charge in [-0.1, -0.05) is 158 Å². The van der Waals surface area contributed by atoms with Crippen LogP contribution in [0.4, 0.5) is 11.4 Å². The normalized spacial score (nSPS) is 11.8. The van der Waals surface area contributed by atoms with Crippen molar-refractivity contribution >= 4 is 46.6 Å². The van der Waals surface area contributed by atoms with Crippen molar-refractivity contribution in [1.29, 1.82) is 0 Å². The fourth-order valence-corrected chi connectivity index (χ4v) is 9.56. The molecule has 0 aliphatic carbocycles. The van der Waals surface area contributed by atoms with E-state index in [-0.39, 0.29) is 35.2 Å². The fourth-order valence-electron chi connectivity index (χ4n) is 9.56. The van der Waals surface area contributed by atoms with Gasteiger partial charge in [0.15, 0.2) is 0 Å². The molecule has 0 spiro atoms. The van der Waals surface area contributed by atoms with Gasteiger partial charge >= 0.3 is 0 Å². The van der Waals surface area contributed by atoms with Gasteiger partial charge in [0, 0.05) is 85.5 Å². The predicted octanol–water partition coefficient (Wildman–Crippen LogP) is 12.7. The van der Waals surface area contributed by atoms with E-state index in [4.69, 9.17) is 4.74 Å². The highest BCUT2D eigenvalue weighted by Gasteiger charge is 2.24. The summed E-state index contributed by atoms with van der Waals surface area (Å²) in [5, 5.41) is 5.94. The van der Waals surface area contributed by atoms with Crippen LogP contribution in [0.5, 0.6) is 0 Å². The number of ether oxygens (including phenoxy) is 1. The lowest BCUT2D eigenvalue weighted by Crippen LogP contribution is -2.40. The molecule has 0 aromatic heterocycles. The third-order valence-corrected chi connectivity index (χ3v) is 13.9. The average Bonchev–Trinajstić information content (AvgIpc) is 3.52. The Balaban J connectivity index is 0.000000208. The first kappa shape index (κ1) is 56.2. The zero-order valence-corrected chi connectivity index (χ0v) is 44.9. The minimum atomic E-state index is -0.268. The number of hydrogen-bond acceptors (Lipinski definition) is 7. The number of nitrogens with zero attached hydrogens (tertiary/aromatic N) is 2. The van der Waals surface area contributed by atoms with Crippen molar-refractivity contribution in [2.75, 3.05) is 50.0 Å². The number of ketones is 2. The largest absolute Gasteiger partial charge is 0.378 e. The molecule has 1 aliphatic heterocycles. The molecular formula is C68H66N4O7. The number of carbonyl (C=O) groups is 6. The third-order valence-electron chi connectivity index (χ3n) is 13.9. The van der Waals surface area contributed by atoms with Gasteiger partial charge in [-0.3, -0.25) is 28.8 Å². The van der Waals surface area contributed by atoms with E-state index in [0.717, 1.165) is 40.7 Å². The van der Waals surface area contributed by atoms with E-state index in [2.05, 4.69) is 10.6 Å². The molecule has 11 heteroatoms. The number of rotatable bonds is 20. The summed E-state index contributed by atoms with van der Waals surface area (Å²) in [6.45, 7) is 7.27. The van der Waals surface area contributed by atoms with E-state index >= 15 is 0 Å². The molecule has 400 valence electrons. The zero-order valence-electron chi connectivity index (χ0n) is 44.9. The Bertz CT molecular complexity index is 3350. The maximum Gasteiger partial charge on any atom is 0.256 e. The number of amides is 4. The molecule has 8 aromatic carbocycles. The molecule has 1 aliphatic rings. The van der Waals surface area contributed by atoms with Crippen LogP contribution < -0.4 is 10.6 Å². The molecule has 0 atom stereocenters. The number of nitrogens with one attached hydrogen (secondary N) is 2. The quantitative estimate of drug-likeness (QED) is 0.0774. The van der Waals surface area contributed by atoms with E-state index in [1.165, 1.54) is 0 Å². The SMILES string of the molecule is CCN(CC)C(=O)c1ccccc1-c1ccccc1C(=O)Nc1ccc(CC(=O)CCc2ccccc2)cc1.O=C(CCc1ccccc1)Cc1ccc(NC(=O)c2ccccc2-c2ccccc2C(=O)N2CCOCC2)cc1. The number of morpholine rings is 1. The van der Waals surface area contributed by atoms with E-state index in [9.17, 15) is 28.8 Å². The van der Waals surface area contributed by atoms with Gasteiger partial charge in [-0.15, -0.1) is 0 Å². The van der Waals surface area contributed by atoms with Gasteiger partial charge < -0.3 is 25.2 Å². The summed E-state index contributed by atoms with van der Waals surface area (Å²) in [7, 11) is 0. The summed E-state index contributed by atoms with van der Waals surface area (Å²) in [6.07, 6.45) is 3.18. The van der Waals surface area contributed by atoms with Crippen molar-refractivity contribution in [3.05, 3.63) is 251 Å². The molecule has 4 amide bonds. The number of benzene rings is 8. The second-order valence-corrected chi connectivity index (χ2v) is 19.3. The van der Waals surface area contributed by atoms with Gasteiger partial charge in [0.05, 0.1) is 13.2 Å². The first-order valence-electron chi connectivity index (χ1n) is 27.0. The van der Waals surface area contributed by atoms with Gasteiger partial charge in [0.1, 0.15) is 11.6 Å². The zero-order chi connectivity index (χ0) is 55.3. The summed E-state index contributed by atoms with van der Waals surface area (Å²) in [5.74, 6) is -0.289. The van der Waals surface area contributed by atoms with Crippen molar-refractivity contribution in [3.63, 3.8) is 0 Å². The topological polar surface area (TPSA) is 142 Å². The van der Waals surface area contributed by atoms with E-state index < -0.39 is 0 Å². The second kappa shape index (κ2) is 28.4. The van der Waals surface area contributed by atoms with Crippen molar-refractivity contribution < 1.29 is 33.5 Å². The Hall–Kier alpha value is -9.06. The molecule has 0 radical (unpaired) electrons. The number of Topliss-reactive ketones (excluding diaryl/α,β-unsaturated/α-hetero) is 2. The molecule has 0 unspecified atom stereocenters. The van der Waals surface area contributed by atoms with Crippen LogP contribution in [0.25, 0.3) is 22.3 Å². The maximum atomic E-state index is 13.4. The average molecular weight is 1050 g/mol. The lowest BCUT2D eigenvalue weighted by atomic mass is 9.94. The minimum Gasteiger partial charge on any atom is -0.378 e. The molecule has 79 heavy (non-hydrogen) atoms. The highest BCUT2D eigenvalue weighted by Crippen LogP contribution is 2.31. The van der Waals surface area contributed by atoms with Crippen LogP contribution in [-0.4, -0.2) is 84.4 Å². The summed E-state index contributed by atoms with van der Waals surface area (Å²) in [4.78, 5) is 81.8. The minimum absolute atomic E-state index is 0.0558. The van der Waals surface area contributed by atoms with Crippen LogP contribution in [0.3, 0.4) is 0 Å². The number of hydrogen-bond donors (Lipinski definition) is 2. The molecule has 11 nitrogen and oxygen atoms in total. The number of carbonyl (C=O) groups excluding carboxylic acids is 6. The molecule has 1 saturated heterocycles. The number of aryl methyl sites for hydroxylation is 2. The van der Waals surface area contributed by atoms with Crippen LogP contribution in [-0.2, 0) is 40.0 Å². The standard InChI is InChI=1S/C34H32N2O4.C34H34N2O3/c37-28(19-16-25-8-2-1-3-9-25)24-26-14-17-27(18-15-26)35-33(38)31-12-6-4-10-29(31)30-11-5-7-13-32(30)34(39)36-20-22-40-23-21-36;1-3-36(4-2)34(39)32-17-11-9-15-30(32)29-14-8-10-16-31(29)33(38)35-27-21-18-26(19-22-27)24-28(37)23-20-25-12-6-5-7-13-25/h1-15,17-18H,16,19-24H2,(H,35,38);5-19,21-22H,3-4,20,23-24H2,1-2H3,(H,35,38). The summed E-state index contributed by atoms with van der Waals surface area (Å²) in [5.41, 5.74) is 10.3. The summed E-state index contributed by atoms with van der Waals surface area (Å²) < 4.78 is 5.40. The van der Waals surface area contributed by atoms with Crippen molar-refractivity contribution in [2.24, 2.45) is 0 Å². The van der Waals surface area contributed by atoms with Gasteiger partial charge in [0.25, 0.3) is 23.6 Å². The smallest absolute Gasteiger partial charge is 0.256 e. The molecule has 9 rings (SSSR count). The number of anilines is 2. The van der Waals surface area contributed by atoms with Gasteiger partial charge in [0.2, 0.25) is 0 Å². The van der Waals surface area contributed by atoms with Crippen molar-refractivity contribution in [3.8, 4) is 22.3 Å². The first-order valence-corrected chi connectivity index (χ1v) is 27.0. The lowest BCUT2D eigenvalue weighted by Gasteiger charge is -2.27. The maximum absolute atomic E-state index is 13.4. The van der Waals surface area contributed by atoms with Crippen LogP contribution in [0.2, 0.25) is 0 Å². The summed E-state index contributed by atoms with van der Waals surface area (Å²) in [6, 6.07) is 64.2. The molecule has 2 N–H and O–H groups in total. The van der Waals surface area contributed by atoms with E-state index in [1.807, 2.05) is 208 Å². The van der Waals surface area contributed by atoms with Crippen LogP contribution >= 0.6 is 0 Å².